The minimum atomic E-state index is -3.46. The zero-order chi connectivity index (χ0) is 18.9. The molecule has 4 nitrogen and oxygen atoms in total. The summed E-state index contributed by atoms with van der Waals surface area (Å²) < 4.78 is 28.9. The van der Waals surface area contributed by atoms with Crippen molar-refractivity contribution < 1.29 is 8.42 Å². The topological polar surface area (TPSA) is 49.4 Å². The van der Waals surface area contributed by atoms with Gasteiger partial charge in [0.05, 0.1) is 4.90 Å². The summed E-state index contributed by atoms with van der Waals surface area (Å²) in [4.78, 5) is 3.10. The molecular weight excluding hydrogens is 364 g/mol. The molecule has 2 saturated heterocycles. The van der Waals surface area contributed by atoms with Crippen molar-refractivity contribution in [3.63, 3.8) is 0 Å². The molecule has 0 amide bonds. The number of benzene rings is 1. The number of piperidine rings is 1. The Morgan fingerprint density at radius 3 is 2.23 bits per heavy atom. The minimum Gasteiger partial charge on any atom is -0.300 e. The van der Waals surface area contributed by atoms with E-state index in [2.05, 4.69) is 27.5 Å². The van der Waals surface area contributed by atoms with Crippen LogP contribution in [0.4, 0.5) is 0 Å². The average molecular weight is 397 g/mol. The van der Waals surface area contributed by atoms with Gasteiger partial charge in [-0.1, -0.05) is 6.07 Å². The molecule has 0 unspecified atom stereocenters. The molecule has 0 spiro atoms. The van der Waals surface area contributed by atoms with E-state index in [4.69, 9.17) is 0 Å². The van der Waals surface area contributed by atoms with Crippen LogP contribution < -0.4 is 4.72 Å². The number of hydrogen-bond acceptors (Lipinski definition) is 4. The van der Waals surface area contributed by atoms with Gasteiger partial charge in [-0.25, -0.2) is 13.1 Å². The Labute approximate surface area is 163 Å². The molecule has 1 aromatic carbocycles. The van der Waals surface area contributed by atoms with Gasteiger partial charge in [0, 0.05) is 18.3 Å². The van der Waals surface area contributed by atoms with Crippen molar-refractivity contribution in [2.24, 2.45) is 5.92 Å². The molecule has 26 heavy (non-hydrogen) atoms. The fourth-order valence-electron chi connectivity index (χ4n) is 4.22. The minimum absolute atomic E-state index is 0.446. The standard InChI is InChI=1S/C20H32N2O2S2/c1-14-11-15(2)17(4)20(16(14)3)26(23,24)21-12-18-5-8-22(9-6-18)19-7-10-25-13-19/h11,18-19,21H,5-10,12-13H2,1-4H3/t19-/m0/s1. The summed E-state index contributed by atoms with van der Waals surface area (Å²) in [5.41, 5.74) is 3.82. The molecule has 3 rings (SSSR count). The Morgan fingerprint density at radius 1 is 1.08 bits per heavy atom. The van der Waals surface area contributed by atoms with E-state index in [0.717, 1.165) is 54.2 Å². The third-order valence-electron chi connectivity index (χ3n) is 6.20. The predicted octanol–water partition coefficient (Wildman–Crippen LogP) is 3.42. The second-order valence-electron chi connectivity index (χ2n) is 7.94. The van der Waals surface area contributed by atoms with Crippen LogP contribution in [-0.4, -0.2) is 50.5 Å². The van der Waals surface area contributed by atoms with Crippen LogP contribution in [0.25, 0.3) is 0 Å². The maximum absolute atomic E-state index is 13.0. The number of aryl methyl sites for hydroxylation is 2. The first kappa shape index (κ1) is 20.2. The Bertz CT molecular complexity index is 721. The summed E-state index contributed by atoms with van der Waals surface area (Å²) >= 11 is 2.06. The van der Waals surface area contributed by atoms with Crippen molar-refractivity contribution >= 4 is 21.8 Å². The lowest BCUT2D eigenvalue weighted by Gasteiger charge is -2.35. The van der Waals surface area contributed by atoms with Gasteiger partial charge in [-0.15, -0.1) is 0 Å². The second kappa shape index (κ2) is 8.21. The van der Waals surface area contributed by atoms with Crippen LogP contribution in [0.3, 0.4) is 0 Å². The van der Waals surface area contributed by atoms with E-state index < -0.39 is 10.0 Å². The third-order valence-corrected chi connectivity index (χ3v) is 9.04. The molecule has 2 aliphatic rings. The molecule has 0 aliphatic carbocycles. The summed E-state index contributed by atoms with van der Waals surface area (Å²) in [6, 6.07) is 2.82. The van der Waals surface area contributed by atoms with E-state index in [0.29, 0.717) is 17.4 Å². The number of hydrogen-bond donors (Lipinski definition) is 1. The highest BCUT2D eigenvalue weighted by atomic mass is 32.2. The lowest BCUT2D eigenvalue weighted by Crippen LogP contribution is -2.43. The first-order valence-electron chi connectivity index (χ1n) is 9.68. The number of nitrogens with one attached hydrogen (secondary N) is 1. The van der Waals surface area contributed by atoms with E-state index >= 15 is 0 Å². The molecule has 146 valence electrons. The van der Waals surface area contributed by atoms with Crippen LogP contribution in [-0.2, 0) is 10.0 Å². The maximum Gasteiger partial charge on any atom is 0.241 e. The van der Waals surface area contributed by atoms with E-state index in [-0.39, 0.29) is 0 Å². The number of sulfonamides is 1. The largest absolute Gasteiger partial charge is 0.300 e. The van der Waals surface area contributed by atoms with Gasteiger partial charge >= 0.3 is 0 Å². The smallest absolute Gasteiger partial charge is 0.241 e. The second-order valence-corrected chi connectivity index (χ2v) is 10.8. The molecule has 1 N–H and O–H groups in total. The Balaban J connectivity index is 1.61. The Hall–Kier alpha value is -0.560. The van der Waals surface area contributed by atoms with Gasteiger partial charge in [-0.3, -0.25) is 4.90 Å². The fraction of sp³-hybridized carbons (Fsp3) is 0.700. The SMILES string of the molecule is Cc1cc(C)c(C)c(S(=O)(=O)NCC2CCN([C@H]3CCSC3)CC2)c1C. The molecule has 6 heteroatoms. The molecule has 0 bridgehead atoms. The highest BCUT2D eigenvalue weighted by molar-refractivity contribution is 7.99. The van der Waals surface area contributed by atoms with Crippen molar-refractivity contribution in [3.05, 3.63) is 28.3 Å². The number of nitrogens with zero attached hydrogens (tertiary/aromatic N) is 1. The molecule has 2 aliphatic heterocycles. The van der Waals surface area contributed by atoms with E-state index in [1.807, 2.05) is 27.7 Å². The van der Waals surface area contributed by atoms with Crippen LogP contribution in [0.5, 0.6) is 0 Å². The zero-order valence-electron chi connectivity index (χ0n) is 16.5. The molecule has 1 aromatic rings. The Morgan fingerprint density at radius 2 is 1.69 bits per heavy atom. The number of likely N-dealkylation sites (tertiary alicyclic amines) is 1. The van der Waals surface area contributed by atoms with Gasteiger partial charge in [0.1, 0.15) is 0 Å². The van der Waals surface area contributed by atoms with Gasteiger partial charge in [-0.05, 0) is 94.0 Å². The predicted molar refractivity (Wildman–Crippen MR) is 111 cm³/mol. The molecular formula is C20H32N2O2S2. The lowest BCUT2D eigenvalue weighted by molar-refractivity contribution is 0.145. The highest BCUT2D eigenvalue weighted by Gasteiger charge is 2.29. The van der Waals surface area contributed by atoms with Gasteiger partial charge in [-0.2, -0.15) is 11.8 Å². The van der Waals surface area contributed by atoms with Gasteiger partial charge in [0.2, 0.25) is 10.0 Å². The van der Waals surface area contributed by atoms with Gasteiger partial charge in [0.25, 0.3) is 0 Å². The van der Waals surface area contributed by atoms with Crippen LogP contribution in [0.1, 0.15) is 41.5 Å². The number of thioether (sulfide) groups is 1. The zero-order valence-corrected chi connectivity index (χ0v) is 18.1. The van der Waals surface area contributed by atoms with Gasteiger partial charge in [0.15, 0.2) is 0 Å². The summed E-state index contributed by atoms with van der Waals surface area (Å²) in [5.74, 6) is 3.00. The number of rotatable bonds is 5. The van der Waals surface area contributed by atoms with Crippen molar-refractivity contribution in [1.29, 1.82) is 0 Å². The molecule has 2 heterocycles. The summed E-state index contributed by atoms with van der Waals surface area (Å²) in [7, 11) is -3.46. The van der Waals surface area contributed by atoms with Crippen molar-refractivity contribution in [2.75, 3.05) is 31.1 Å². The normalized spacial score (nSPS) is 22.8. The van der Waals surface area contributed by atoms with Crippen molar-refractivity contribution in [2.45, 2.75) is 57.9 Å². The van der Waals surface area contributed by atoms with Crippen molar-refractivity contribution in [1.82, 2.24) is 9.62 Å². The average Bonchev–Trinajstić information content (AvgIpc) is 3.13. The van der Waals surface area contributed by atoms with E-state index in [9.17, 15) is 8.42 Å². The van der Waals surface area contributed by atoms with Gasteiger partial charge < -0.3 is 0 Å². The van der Waals surface area contributed by atoms with E-state index in [1.54, 1.807) is 0 Å². The summed E-state index contributed by atoms with van der Waals surface area (Å²) in [6.45, 7) is 10.6. The molecule has 1 atom stereocenters. The van der Waals surface area contributed by atoms with Crippen LogP contribution in [0.15, 0.2) is 11.0 Å². The van der Waals surface area contributed by atoms with Crippen LogP contribution in [0.2, 0.25) is 0 Å². The molecule has 0 saturated carbocycles. The van der Waals surface area contributed by atoms with Crippen LogP contribution in [0, 0.1) is 33.6 Å². The summed E-state index contributed by atoms with van der Waals surface area (Å²) in [5, 5.41) is 0. The molecule has 0 aromatic heterocycles. The molecule has 0 radical (unpaired) electrons. The van der Waals surface area contributed by atoms with E-state index in [1.165, 1.54) is 17.9 Å². The first-order chi connectivity index (χ1) is 12.3. The van der Waals surface area contributed by atoms with Crippen LogP contribution >= 0.6 is 11.8 Å². The third kappa shape index (κ3) is 4.29. The monoisotopic (exact) mass is 396 g/mol. The lowest BCUT2D eigenvalue weighted by atomic mass is 9.96. The quantitative estimate of drug-likeness (QED) is 0.829. The first-order valence-corrected chi connectivity index (χ1v) is 12.3. The summed E-state index contributed by atoms with van der Waals surface area (Å²) in [6.07, 6.45) is 3.50. The Kier molecular flexibility index (Phi) is 6.37. The van der Waals surface area contributed by atoms with Crippen molar-refractivity contribution in [3.8, 4) is 0 Å². The molecule has 2 fully saturated rings. The fourth-order valence-corrected chi connectivity index (χ4v) is 7.20. The highest BCUT2D eigenvalue weighted by Crippen LogP contribution is 2.28. The maximum atomic E-state index is 13.0.